The molecule has 222 valence electrons. The number of esters is 1. The zero-order valence-corrected chi connectivity index (χ0v) is 26.6. The fourth-order valence-electron chi connectivity index (χ4n) is 5.60. The van der Waals surface area contributed by atoms with Crippen molar-refractivity contribution in [1.29, 1.82) is 0 Å². The van der Waals surface area contributed by atoms with Gasteiger partial charge in [0.05, 0.1) is 29.5 Å². The Balaban J connectivity index is 1.56. The number of piperidine rings is 1. The number of rotatable bonds is 7. The van der Waals surface area contributed by atoms with Crippen molar-refractivity contribution in [2.75, 3.05) is 31.7 Å². The smallest absolute Gasteiger partial charge is 0.338 e. The maximum absolute atomic E-state index is 14.2. The molecule has 43 heavy (non-hydrogen) atoms. The molecular formula is C33H32BrN3O5S. The minimum absolute atomic E-state index is 0.175. The van der Waals surface area contributed by atoms with Crippen molar-refractivity contribution >= 4 is 50.9 Å². The number of aromatic nitrogens is 1. The van der Waals surface area contributed by atoms with Gasteiger partial charge in [-0.1, -0.05) is 64.5 Å². The van der Waals surface area contributed by atoms with E-state index < -0.39 is 12.0 Å². The lowest BCUT2D eigenvalue weighted by Crippen LogP contribution is -2.40. The fraction of sp³-hybridized carbons (Fsp3) is 0.303. The number of ether oxygens (including phenoxy) is 2. The summed E-state index contributed by atoms with van der Waals surface area (Å²) in [5.74, 6) is 2.09. The van der Waals surface area contributed by atoms with E-state index in [0.29, 0.717) is 38.0 Å². The standard InChI is InChI=1S/C33H32BrN3O5S/c1-4-41-32(39)28-29(21-8-6-5-7-9-21)35-33-37(30(28)24-18-22(34)10-12-25(24)40-3)31(38)26(43-33)19-23-11-13-27(42-23)36-16-14-20(2)15-17-36/h5-13,18-20,30H,4,14-17H2,1-3H3/b26-19-/t30-/m0/s1. The van der Waals surface area contributed by atoms with E-state index in [2.05, 4.69) is 27.8 Å². The van der Waals surface area contributed by atoms with Crippen LogP contribution >= 0.6 is 27.3 Å². The minimum atomic E-state index is -0.845. The predicted octanol–water partition coefficient (Wildman–Crippen LogP) is 5.54. The van der Waals surface area contributed by atoms with Crippen LogP contribution in [0.25, 0.3) is 11.8 Å². The van der Waals surface area contributed by atoms with Crippen molar-refractivity contribution in [3.8, 4) is 5.75 Å². The van der Waals surface area contributed by atoms with E-state index in [9.17, 15) is 9.59 Å². The molecule has 0 radical (unpaired) electrons. The van der Waals surface area contributed by atoms with Gasteiger partial charge in [-0.15, -0.1) is 0 Å². The van der Waals surface area contributed by atoms with Gasteiger partial charge in [0.15, 0.2) is 10.7 Å². The average Bonchev–Trinajstić information content (AvgIpc) is 3.61. The molecule has 4 aromatic rings. The van der Waals surface area contributed by atoms with Crippen molar-refractivity contribution in [1.82, 2.24) is 4.57 Å². The quantitative estimate of drug-likeness (QED) is 0.242. The van der Waals surface area contributed by atoms with E-state index in [1.807, 2.05) is 60.7 Å². The molecule has 0 bridgehead atoms. The van der Waals surface area contributed by atoms with E-state index >= 15 is 0 Å². The van der Waals surface area contributed by atoms with Crippen molar-refractivity contribution < 1.29 is 18.7 Å². The highest BCUT2D eigenvalue weighted by Gasteiger charge is 2.37. The summed E-state index contributed by atoms with van der Waals surface area (Å²) in [5.41, 5.74) is 1.82. The van der Waals surface area contributed by atoms with E-state index in [-0.39, 0.29) is 17.7 Å². The highest BCUT2D eigenvalue weighted by molar-refractivity contribution is 9.10. The third-order valence-electron chi connectivity index (χ3n) is 7.84. The first-order valence-electron chi connectivity index (χ1n) is 14.3. The van der Waals surface area contributed by atoms with Gasteiger partial charge in [-0.3, -0.25) is 9.36 Å². The third kappa shape index (κ3) is 5.73. The molecule has 0 aliphatic carbocycles. The van der Waals surface area contributed by atoms with E-state index in [4.69, 9.17) is 18.9 Å². The number of halogens is 1. The number of methoxy groups -OCH3 is 1. The van der Waals surface area contributed by atoms with Crippen LogP contribution in [0.3, 0.4) is 0 Å². The summed E-state index contributed by atoms with van der Waals surface area (Å²) in [6, 6.07) is 18.0. The maximum atomic E-state index is 14.2. The summed E-state index contributed by atoms with van der Waals surface area (Å²) in [7, 11) is 1.57. The summed E-state index contributed by atoms with van der Waals surface area (Å²) < 4.78 is 20.3. The molecule has 10 heteroatoms. The van der Waals surface area contributed by atoms with Crippen LogP contribution in [0.1, 0.15) is 49.6 Å². The van der Waals surface area contributed by atoms with Gasteiger partial charge in [0.1, 0.15) is 17.6 Å². The normalized spacial score (nSPS) is 17.5. The highest BCUT2D eigenvalue weighted by atomic mass is 79.9. The van der Waals surface area contributed by atoms with Gasteiger partial charge in [0.25, 0.3) is 5.56 Å². The van der Waals surface area contributed by atoms with Gasteiger partial charge in [-0.05, 0) is 49.9 Å². The third-order valence-corrected chi connectivity index (χ3v) is 9.32. The Labute approximate surface area is 261 Å². The first kappa shape index (κ1) is 29.2. The van der Waals surface area contributed by atoms with Gasteiger partial charge >= 0.3 is 5.97 Å². The van der Waals surface area contributed by atoms with Crippen LogP contribution in [0, 0.1) is 5.92 Å². The van der Waals surface area contributed by atoms with E-state index in [1.165, 1.54) is 11.3 Å². The molecule has 1 saturated heterocycles. The van der Waals surface area contributed by atoms with Crippen molar-refractivity contribution in [2.24, 2.45) is 10.9 Å². The van der Waals surface area contributed by atoms with Crippen molar-refractivity contribution in [3.63, 3.8) is 0 Å². The average molecular weight is 663 g/mol. The van der Waals surface area contributed by atoms with Gasteiger partial charge in [-0.2, -0.15) is 0 Å². The molecule has 2 aromatic carbocycles. The number of anilines is 1. The zero-order valence-electron chi connectivity index (χ0n) is 24.2. The van der Waals surface area contributed by atoms with Crippen molar-refractivity contribution in [2.45, 2.75) is 32.7 Å². The Morgan fingerprint density at radius 2 is 1.91 bits per heavy atom. The number of hydrogen-bond acceptors (Lipinski definition) is 8. The molecule has 2 aliphatic rings. The number of fused-ring (bicyclic) bond motifs is 1. The molecule has 6 rings (SSSR count). The van der Waals surface area contributed by atoms with Crippen LogP contribution < -0.4 is 24.5 Å². The summed E-state index contributed by atoms with van der Waals surface area (Å²) in [4.78, 5) is 35.5. The SMILES string of the molecule is CCOC(=O)C1=C(c2ccccc2)N=c2s/c(=C\c3ccc(N4CCC(C)CC4)o3)c(=O)n2[C@H]1c1cc(Br)ccc1OC. The lowest BCUT2D eigenvalue weighted by Gasteiger charge is -2.29. The number of hydrogen-bond donors (Lipinski definition) is 0. The maximum Gasteiger partial charge on any atom is 0.338 e. The number of carbonyl (C=O) groups excluding carboxylic acids is 1. The molecule has 2 aliphatic heterocycles. The Kier molecular flexibility index (Phi) is 8.41. The Bertz CT molecular complexity index is 1870. The van der Waals surface area contributed by atoms with Crippen LogP contribution in [0.15, 0.2) is 84.9 Å². The number of thiazole rings is 1. The Morgan fingerprint density at radius 1 is 1.14 bits per heavy atom. The topological polar surface area (TPSA) is 86.3 Å². The lowest BCUT2D eigenvalue weighted by atomic mass is 9.92. The number of nitrogens with zero attached hydrogens (tertiary/aromatic N) is 3. The second-order valence-corrected chi connectivity index (χ2v) is 12.6. The molecule has 1 atom stereocenters. The predicted molar refractivity (Wildman–Crippen MR) is 171 cm³/mol. The second-order valence-electron chi connectivity index (χ2n) is 10.7. The van der Waals surface area contributed by atoms with Crippen LogP contribution in [-0.4, -0.2) is 37.3 Å². The summed E-state index contributed by atoms with van der Waals surface area (Å²) in [5, 5.41) is 0. The van der Waals surface area contributed by atoms with Crippen molar-refractivity contribution in [3.05, 3.63) is 107 Å². The van der Waals surface area contributed by atoms with Crippen LogP contribution in [-0.2, 0) is 9.53 Å². The molecule has 0 spiro atoms. The van der Waals surface area contributed by atoms with E-state index in [1.54, 1.807) is 24.7 Å². The Hall–Kier alpha value is -3.89. The number of carbonyl (C=O) groups is 1. The summed E-state index contributed by atoms with van der Waals surface area (Å²) in [6.45, 7) is 6.10. The molecule has 0 saturated carbocycles. The molecule has 0 unspecified atom stereocenters. The minimum Gasteiger partial charge on any atom is -0.496 e. The Morgan fingerprint density at radius 3 is 2.63 bits per heavy atom. The number of benzene rings is 2. The first-order chi connectivity index (χ1) is 20.9. The van der Waals surface area contributed by atoms with Gasteiger partial charge < -0.3 is 18.8 Å². The van der Waals surface area contributed by atoms with Crippen LogP contribution in [0.2, 0.25) is 0 Å². The molecular weight excluding hydrogens is 630 g/mol. The molecule has 4 heterocycles. The molecule has 0 N–H and O–H groups in total. The van der Waals surface area contributed by atoms with Gasteiger partial charge in [0, 0.05) is 40.8 Å². The van der Waals surface area contributed by atoms with Gasteiger partial charge in [0.2, 0.25) is 0 Å². The summed E-state index contributed by atoms with van der Waals surface area (Å²) >= 11 is 4.83. The molecule has 1 fully saturated rings. The largest absolute Gasteiger partial charge is 0.496 e. The second kappa shape index (κ2) is 12.4. The monoisotopic (exact) mass is 661 g/mol. The molecule has 0 amide bonds. The number of furan rings is 1. The zero-order chi connectivity index (χ0) is 30.1. The lowest BCUT2D eigenvalue weighted by molar-refractivity contribution is -0.138. The van der Waals surface area contributed by atoms with Crippen LogP contribution in [0.4, 0.5) is 5.88 Å². The highest BCUT2D eigenvalue weighted by Crippen LogP contribution is 2.40. The summed E-state index contributed by atoms with van der Waals surface area (Å²) in [6.07, 6.45) is 4.01. The van der Waals surface area contributed by atoms with Crippen LogP contribution in [0.5, 0.6) is 5.75 Å². The van der Waals surface area contributed by atoms with E-state index in [0.717, 1.165) is 41.9 Å². The molecule has 8 nitrogen and oxygen atoms in total. The first-order valence-corrected chi connectivity index (χ1v) is 16.0. The molecule has 2 aromatic heterocycles. The van der Waals surface area contributed by atoms with Gasteiger partial charge in [-0.25, -0.2) is 9.79 Å². The fourth-order valence-corrected chi connectivity index (χ4v) is 6.96.